The van der Waals surface area contributed by atoms with E-state index < -0.39 is 5.69 Å². The first-order valence-corrected chi connectivity index (χ1v) is 5.27. The number of hydrogen-bond acceptors (Lipinski definition) is 2. The van der Waals surface area contributed by atoms with Crippen molar-refractivity contribution in [1.29, 1.82) is 0 Å². The Morgan fingerprint density at radius 3 is 2.59 bits per heavy atom. The topological polar surface area (TPSA) is 54.9 Å². The summed E-state index contributed by atoms with van der Waals surface area (Å²) in [7, 11) is 0. The van der Waals surface area contributed by atoms with Gasteiger partial charge < -0.3 is 0 Å². The Hall–Kier alpha value is -2.36. The SMILES string of the molecule is O=c1ccn(C/C=C/c2ccccc2)c(=O)[nH]1. The predicted octanol–water partition coefficient (Wildman–Crippen LogP) is 1.25. The lowest BCUT2D eigenvalue weighted by Crippen LogP contribution is -2.28. The molecule has 0 saturated heterocycles. The molecule has 1 heterocycles. The number of aromatic amines is 1. The van der Waals surface area contributed by atoms with Gasteiger partial charge in [-0.25, -0.2) is 4.79 Å². The van der Waals surface area contributed by atoms with Crippen LogP contribution in [0.2, 0.25) is 0 Å². The number of nitrogens with zero attached hydrogens (tertiary/aromatic N) is 1. The van der Waals surface area contributed by atoms with Crippen LogP contribution in [0.4, 0.5) is 0 Å². The van der Waals surface area contributed by atoms with Crippen LogP contribution in [0.15, 0.2) is 58.3 Å². The highest BCUT2D eigenvalue weighted by atomic mass is 16.2. The van der Waals surface area contributed by atoms with Gasteiger partial charge in [0.25, 0.3) is 5.56 Å². The van der Waals surface area contributed by atoms with Crippen molar-refractivity contribution < 1.29 is 0 Å². The van der Waals surface area contributed by atoms with Crippen LogP contribution in [-0.4, -0.2) is 9.55 Å². The van der Waals surface area contributed by atoms with Gasteiger partial charge in [-0.2, -0.15) is 0 Å². The van der Waals surface area contributed by atoms with E-state index in [1.54, 1.807) is 0 Å². The van der Waals surface area contributed by atoms with Gasteiger partial charge in [-0.1, -0.05) is 42.5 Å². The molecular formula is C13H12N2O2. The van der Waals surface area contributed by atoms with Crippen LogP contribution in [0.1, 0.15) is 5.56 Å². The molecule has 17 heavy (non-hydrogen) atoms. The third-order valence-electron chi connectivity index (χ3n) is 2.31. The molecule has 0 aliphatic carbocycles. The fourth-order valence-corrected chi connectivity index (χ4v) is 1.45. The monoisotopic (exact) mass is 228 g/mol. The largest absolute Gasteiger partial charge is 0.328 e. The summed E-state index contributed by atoms with van der Waals surface area (Å²) in [6.45, 7) is 0.435. The van der Waals surface area contributed by atoms with Crippen molar-refractivity contribution in [1.82, 2.24) is 9.55 Å². The Balaban J connectivity index is 2.10. The summed E-state index contributed by atoms with van der Waals surface area (Å²) in [4.78, 5) is 24.4. The predicted molar refractivity (Wildman–Crippen MR) is 66.8 cm³/mol. The number of aromatic nitrogens is 2. The third-order valence-corrected chi connectivity index (χ3v) is 2.31. The highest BCUT2D eigenvalue weighted by Crippen LogP contribution is 2.00. The first kappa shape index (κ1) is 11.1. The Labute approximate surface area is 97.9 Å². The van der Waals surface area contributed by atoms with Crippen LogP contribution in [0.5, 0.6) is 0 Å². The van der Waals surface area contributed by atoms with E-state index in [2.05, 4.69) is 4.98 Å². The number of allylic oxidation sites excluding steroid dienone is 1. The van der Waals surface area contributed by atoms with Crippen molar-refractivity contribution in [2.45, 2.75) is 6.54 Å². The molecule has 0 saturated carbocycles. The van der Waals surface area contributed by atoms with Gasteiger partial charge in [0.05, 0.1) is 0 Å². The van der Waals surface area contributed by atoms with Crippen molar-refractivity contribution in [3.63, 3.8) is 0 Å². The molecule has 2 aromatic rings. The van der Waals surface area contributed by atoms with E-state index in [4.69, 9.17) is 0 Å². The first-order valence-electron chi connectivity index (χ1n) is 5.27. The number of hydrogen-bond donors (Lipinski definition) is 1. The van der Waals surface area contributed by atoms with Crippen LogP contribution < -0.4 is 11.2 Å². The van der Waals surface area contributed by atoms with Crippen LogP contribution in [-0.2, 0) is 6.54 Å². The van der Waals surface area contributed by atoms with E-state index in [1.165, 1.54) is 16.8 Å². The second kappa shape index (κ2) is 5.12. The molecule has 4 nitrogen and oxygen atoms in total. The quantitative estimate of drug-likeness (QED) is 0.859. The summed E-state index contributed by atoms with van der Waals surface area (Å²) >= 11 is 0. The van der Waals surface area contributed by atoms with Crippen molar-refractivity contribution in [2.75, 3.05) is 0 Å². The van der Waals surface area contributed by atoms with Gasteiger partial charge in [0.15, 0.2) is 0 Å². The molecule has 0 bridgehead atoms. The summed E-state index contributed by atoms with van der Waals surface area (Å²) in [5, 5.41) is 0. The normalized spacial score (nSPS) is 10.8. The number of benzene rings is 1. The summed E-state index contributed by atoms with van der Waals surface area (Å²) < 4.78 is 1.43. The Morgan fingerprint density at radius 1 is 1.12 bits per heavy atom. The highest BCUT2D eigenvalue weighted by Gasteiger charge is 1.92. The molecule has 0 amide bonds. The maximum absolute atomic E-state index is 11.4. The summed E-state index contributed by atoms with van der Waals surface area (Å²) in [6, 6.07) is 11.1. The summed E-state index contributed by atoms with van der Waals surface area (Å²) in [5.41, 5.74) is 0.304. The summed E-state index contributed by atoms with van der Waals surface area (Å²) in [5.74, 6) is 0. The maximum Gasteiger partial charge on any atom is 0.328 e. The van der Waals surface area contributed by atoms with E-state index in [-0.39, 0.29) is 5.56 Å². The fraction of sp³-hybridized carbons (Fsp3) is 0.0769. The van der Waals surface area contributed by atoms with Crippen molar-refractivity contribution >= 4 is 6.08 Å². The van der Waals surface area contributed by atoms with Gasteiger partial charge in [-0.15, -0.1) is 0 Å². The van der Waals surface area contributed by atoms with Crippen LogP contribution >= 0.6 is 0 Å². The van der Waals surface area contributed by atoms with Crippen molar-refractivity contribution in [3.8, 4) is 0 Å². The molecule has 0 spiro atoms. The number of H-pyrrole nitrogens is 1. The zero-order valence-corrected chi connectivity index (χ0v) is 9.17. The van der Waals surface area contributed by atoms with E-state index in [1.807, 2.05) is 42.5 Å². The molecule has 1 aromatic heterocycles. The average Bonchev–Trinajstić information content (AvgIpc) is 2.33. The van der Waals surface area contributed by atoms with Gasteiger partial charge in [0.2, 0.25) is 0 Å². The maximum atomic E-state index is 11.4. The van der Waals surface area contributed by atoms with E-state index in [0.29, 0.717) is 6.54 Å². The standard InChI is InChI=1S/C13H12N2O2/c16-12-8-10-15(13(17)14-12)9-4-7-11-5-2-1-3-6-11/h1-8,10H,9H2,(H,14,16,17)/b7-4+. The Morgan fingerprint density at radius 2 is 1.88 bits per heavy atom. The van der Waals surface area contributed by atoms with Crippen LogP contribution in [0.3, 0.4) is 0 Å². The van der Waals surface area contributed by atoms with Gasteiger partial charge in [-0.3, -0.25) is 14.3 Å². The minimum absolute atomic E-state index is 0.377. The number of rotatable bonds is 3. The van der Waals surface area contributed by atoms with Gasteiger partial charge in [-0.05, 0) is 5.56 Å². The molecule has 86 valence electrons. The zero-order valence-electron chi connectivity index (χ0n) is 9.17. The molecule has 1 N–H and O–H groups in total. The minimum Gasteiger partial charge on any atom is -0.297 e. The molecule has 0 aliphatic rings. The molecule has 0 aliphatic heterocycles. The van der Waals surface area contributed by atoms with E-state index in [0.717, 1.165) is 5.56 Å². The van der Waals surface area contributed by atoms with Crippen molar-refractivity contribution in [3.05, 3.63) is 75.1 Å². The zero-order chi connectivity index (χ0) is 12.1. The molecule has 4 heteroatoms. The average molecular weight is 228 g/mol. The molecule has 1 aromatic carbocycles. The van der Waals surface area contributed by atoms with Gasteiger partial charge in [0, 0.05) is 18.8 Å². The molecule has 0 radical (unpaired) electrons. The third kappa shape index (κ3) is 3.04. The molecule has 0 fully saturated rings. The molecule has 0 atom stereocenters. The van der Waals surface area contributed by atoms with Crippen LogP contribution in [0, 0.1) is 0 Å². The van der Waals surface area contributed by atoms with Crippen molar-refractivity contribution in [2.24, 2.45) is 0 Å². The second-order valence-electron chi connectivity index (χ2n) is 3.58. The lowest BCUT2D eigenvalue weighted by atomic mass is 10.2. The first-order chi connectivity index (χ1) is 8.25. The second-order valence-corrected chi connectivity index (χ2v) is 3.58. The fourth-order valence-electron chi connectivity index (χ4n) is 1.45. The summed E-state index contributed by atoms with van der Waals surface area (Å²) in [6.07, 6.45) is 5.28. The Bertz CT molecular complexity index is 624. The van der Waals surface area contributed by atoms with Crippen LogP contribution in [0.25, 0.3) is 6.08 Å². The lowest BCUT2D eigenvalue weighted by Gasteiger charge is -1.99. The van der Waals surface area contributed by atoms with Gasteiger partial charge in [0.1, 0.15) is 0 Å². The van der Waals surface area contributed by atoms with E-state index >= 15 is 0 Å². The molecular weight excluding hydrogens is 216 g/mol. The Kier molecular flexibility index (Phi) is 3.35. The smallest absolute Gasteiger partial charge is 0.297 e. The molecule has 2 rings (SSSR count). The van der Waals surface area contributed by atoms with E-state index in [9.17, 15) is 9.59 Å². The van der Waals surface area contributed by atoms with Gasteiger partial charge >= 0.3 is 5.69 Å². The lowest BCUT2D eigenvalue weighted by molar-refractivity contribution is 0.737. The molecule has 0 unspecified atom stereocenters. The minimum atomic E-state index is -0.393. The number of nitrogens with one attached hydrogen (secondary N) is 1. The highest BCUT2D eigenvalue weighted by molar-refractivity contribution is 5.48.